The SMILES string of the molecule is C[C@@H]1CO[C@@H](c2ccccc2)[C@@H]1C(=O)c1ccccc1. The molecule has 1 aliphatic rings. The molecule has 0 unspecified atom stereocenters. The van der Waals surface area contributed by atoms with E-state index >= 15 is 0 Å². The first-order chi connectivity index (χ1) is 9.77. The lowest BCUT2D eigenvalue weighted by Gasteiger charge is -2.20. The summed E-state index contributed by atoms with van der Waals surface area (Å²) in [6.07, 6.45) is -0.126. The second-order valence-electron chi connectivity index (χ2n) is 5.40. The molecule has 1 heterocycles. The summed E-state index contributed by atoms with van der Waals surface area (Å²) in [4.78, 5) is 12.8. The van der Waals surface area contributed by atoms with Crippen molar-refractivity contribution < 1.29 is 9.53 Å². The normalized spacial score (nSPS) is 25.6. The molecule has 0 saturated carbocycles. The number of hydrogen-bond acceptors (Lipinski definition) is 2. The van der Waals surface area contributed by atoms with Crippen LogP contribution in [0.5, 0.6) is 0 Å². The highest BCUT2D eigenvalue weighted by Gasteiger charge is 2.40. The third-order valence-electron chi connectivity index (χ3n) is 3.97. The maximum absolute atomic E-state index is 12.8. The molecular weight excluding hydrogens is 248 g/mol. The fraction of sp³-hybridized carbons (Fsp3) is 0.278. The highest BCUT2D eigenvalue weighted by atomic mass is 16.5. The molecule has 2 nitrogen and oxygen atoms in total. The Morgan fingerprint density at radius 1 is 1.00 bits per heavy atom. The Morgan fingerprint density at radius 3 is 2.25 bits per heavy atom. The molecule has 2 aromatic rings. The Morgan fingerprint density at radius 2 is 1.60 bits per heavy atom. The molecule has 0 spiro atoms. The molecular formula is C18H18O2. The predicted octanol–water partition coefficient (Wildman–Crippen LogP) is 3.89. The van der Waals surface area contributed by atoms with Crippen molar-refractivity contribution in [3.63, 3.8) is 0 Å². The highest BCUT2D eigenvalue weighted by molar-refractivity contribution is 5.98. The minimum absolute atomic E-state index is 0.0974. The van der Waals surface area contributed by atoms with Gasteiger partial charge in [0.15, 0.2) is 5.78 Å². The van der Waals surface area contributed by atoms with E-state index in [9.17, 15) is 4.79 Å². The van der Waals surface area contributed by atoms with Gasteiger partial charge in [0, 0.05) is 5.56 Å². The first-order valence-corrected chi connectivity index (χ1v) is 7.03. The van der Waals surface area contributed by atoms with E-state index < -0.39 is 0 Å². The number of carbonyl (C=O) groups excluding carboxylic acids is 1. The van der Waals surface area contributed by atoms with E-state index in [2.05, 4.69) is 6.92 Å². The predicted molar refractivity (Wildman–Crippen MR) is 78.6 cm³/mol. The van der Waals surface area contributed by atoms with Gasteiger partial charge in [-0.05, 0) is 11.5 Å². The van der Waals surface area contributed by atoms with Gasteiger partial charge in [0.25, 0.3) is 0 Å². The minimum atomic E-state index is -0.126. The summed E-state index contributed by atoms with van der Waals surface area (Å²) in [6, 6.07) is 19.6. The maximum Gasteiger partial charge on any atom is 0.169 e. The quantitative estimate of drug-likeness (QED) is 0.788. The van der Waals surface area contributed by atoms with Gasteiger partial charge in [0.2, 0.25) is 0 Å². The van der Waals surface area contributed by atoms with Gasteiger partial charge in [-0.2, -0.15) is 0 Å². The monoisotopic (exact) mass is 266 g/mol. The average molecular weight is 266 g/mol. The van der Waals surface area contributed by atoms with E-state index in [0.717, 1.165) is 11.1 Å². The van der Waals surface area contributed by atoms with Crippen molar-refractivity contribution in [1.82, 2.24) is 0 Å². The standard InChI is InChI=1S/C18H18O2/c1-13-12-20-18(15-10-6-3-7-11-15)16(13)17(19)14-8-4-2-5-9-14/h2-11,13,16,18H,12H2,1H3/t13-,16+,18+/m1/s1. The molecule has 20 heavy (non-hydrogen) atoms. The molecule has 0 radical (unpaired) electrons. The average Bonchev–Trinajstić information content (AvgIpc) is 2.90. The second-order valence-corrected chi connectivity index (χ2v) is 5.40. The Bertz CT molecular complexity index is 577. The van der Waals surface area contributed by atoms with Gasteiger partial charge < -0.3 is 4.74 Å². The zero-order valence-corrected chi connectivity index (χ0v) is 11.5. The van der Waals surface area contributed by atoms with Gasteiger partial charge in [-0.25, -0.2) is 0 Å². The van der Waals surface area contributed by atoms with Crippen molar-refractivity contribution in [1.29, 1.82) is 0 Å². The number of Topliss-reactive ketones (excluding diaryl/α,β-unsaturated/α-hetero) is 1. The second kappa shape index (κ2) is 5.59. The number of ketones is 1. The molecule has 1 aliphatic heterocycles. The van der Waals surface area contributed by atoms with E-state index in [0.29, 0.717) is 6.61 Å². The summed E-state index contributed by atoms with van der Waals surface area (Å²) in [5, 5.41) is 0. The molecule has 3 rings (SSSR count). The van der Waals surface area contributed by atoms with Crippen LogP contribution in [0.4, 0.5) is 0 Å². The van der Waals surface area contributed by atoms with Crippen molar-refractivity contribution >= 4 is 5.78 Å². The lowest BCUT2D eigenvalue weighted by atomic mass is 9.82. The van der Waals surface area contributed by atoms with Crippen LogP contribution in [0.15, 0.2) is 60.7 Å². The smallest absolute Gasteiger partial charge is 0.169 e. The summed E-state index contributed by atoms with van der Waals surface area (Å²) >= 11 is 0. The molecule has 0 aromatic heterocycles. The molecule has 0 N–H and O–H groups in total. The number of carbonyl (C=O) groups is 1. The van der Waals surface area contributed by atoms with Crippen LogP contribution in [0.3, 0.4) is 0 Å². The lowest BCUT2D eigenvalue weighted by molar-refractivity contribution is 0.0700. The molecule has 102 valence electrons. The minimum Gasteiger partial charge on any atom is -0.372 e. The van der Waals surface area contributed by atoms with E-state index in [1.54, 1.807) is 0 Å². The van der Waals surface area contributed by atoms with E-state index in [4.69, 9.17) is 4.74 Å². The van der Waals surface area contributed by atoms with Crippen LogP contribution in [0.2, 0.25) is 0 Å². The zero-order valence-electron chi connectivity index (χ0n) is 11.5. The number of benzene rings is 2. The van der Waals surface area contributed by atoms with Gasteiger partial charge in [0.1, 0.15) is 0 Å². The fourth-order valence-corrected chi connectivity index (χ4v) is 2.90. The van der Waals surface area contributed by atoms with Crippen LogP contribution in [-0.2, 0) is 4.74 Å². The maximum atomic E-state index is 12.8. The topological polar surface area (TPSA) is 26.3 Å². The molecule has 0 bridgehead atoms. The van der Waals surface area contributed by atoms with Gasteiger partial charge in [-0.1, -0.05) is 67.6 Å². The van der Waals surface area contributed by atoms with Crippen LogP contribution >= 0.6 is 0 Å². The Labute approximate surface area is 119 Å². The Balaban J connectivity index is 1.92. The fourth-order valence-electron chi connectivity index (χ4n) is 2.90. The third-order valence-corrected chi connectivity index (χ3v) is 3.97. The number of ether oxygens (including phenoxy) is 1. The summed E-state index contributed by atoms with van der Waals surface area (Å²) in [7, 11) is 0. The van der Waals surface area contributed by atoms with Crippen molar-refractivity contribution in [2.45, 2.75) is 13.0 Å². The molecule has 0 aliphatic carbocycles. The van der Waals surface area contributed by atoms with E-state index in [-0.39, 0.29) is 23.7 Å². The van der Waals surface area contributed by atoms with Gasteiger partial charge >= 0.3 is 0 Å². The first kappa shape index (κ1) is 13.1. The Hall–Kier alpha value is -1.93. The third kappa shape index (κ3) is 2.39. The van der Waals surface area contributed by atoms with Crippen molar-refractivity contribution in [3.05, 3.63) is 71.8 Å². The molecule has 2 aromatic carbocycles. The van der Waals surface area contributed by atoms with E-state index in [1.165, 1.54) is 0 Å². The van der Waals surface area contributed by atoms with Crippen molar-refractivity contribution in [2.24, 2.45) is 11.8 Å². The van der Waals surface area contributed by atoms with Crippen LogP contribution in [0, 0.1) is 11.8 Å². The van der Waals surface area contributed by atoms with Gasteiger partial charge in [0.05, 0.1) is 18.6 Å². The van der Waals surface area contributed by atoms with Gasteiger partial charge in [-0.3, -0.25) is 4.79 Å². The summed E-state index contributed by atoms with van der Waals surface area (Å²) in [6.45, 7) is 2.73. The summed E-state index contributed by atoms with van der Waals surface area (Å²) < 4.78 is 5.89. The Kier molecular flexibility index (Phi) is 3.66. The van der Waals surface area contributed by atoms with Crippen LogP contribution in [0.25, 0.3) is 0 Å². The van der Waals surface area contributed by atoms with Crippen molar-refractivity contribution in [3.8, 4) is 0 Å². The van der Waals surface area contributed by atoms with E-state index in [1.807, 2.05) is 60.7 Å². The molecule has 1 fully saturated rings. The van der Waals surface area contributed by atoms with Crippen molar-refractivity contribution in [2.75, 3.05) is 6.61 Å². The number of hydrogen-bond donors (Lipinski definition) is 0. The summed E-state index contributed by atoms with van der Waals surface area (Å²) in [5.41, 5.74) is 1.86. The van der Waals surface area contributed by atoms with Gasteiger partial charge in [-0.15, -0.1) is 0 Å². The first-order valence-electron chi connectivity index (χ1n) is 7.03. The number of rotatable bonds is 3. The highest BCUT2D eigenvalue weighted by Crippen LogP contribution is 2.40. The van der Waals surface area contributed by atoms with Crippen LogP contribution in [0.1, 0.15) is 28.9 Å². The van der Waals surface area contributed by atoms with Crippen LogP contribution in [-0.4, -0.2) is 12.4 Å². The molecule has 1 saturated heterocycles. The molecule has 3 atom stereocenters. The molecule has 0 amide bonds. The van der Waals surface area contributed by atoms with Crippen LogP contribution < -0.4 is 0 Å². The lowest BCUT2D eigenvalue weighted by Crippen LogP contribution is -2.23. The summed E-state index contributed by atoms with van der Waals surface area (Å²) in [5.74, 6) is 0.331. The largest absolute Gasteiger partial charge is 0.372 e. The molecule has 2 heteroatoms. The zero-order chi connectivity index (χ0) is 13.9.